The fourth-order valence-corrected chi connectivity index (χ4v) is 3.38. The average molecular weight is 494 g/mol. The lowest BCUT2D eigenvalue weighted by Gasteiger charge is -2.18. The van der Waals surface area contributed by atoms with E-state index in [0.717, 1.165) is 0 Å². The Bertz CT molecular complexity index is 1280. The number of hydrogen-bond donors (Lipinski definition) is 1. The number of halogens is 4. The predicted molar refractivity (Wildman–Crippen MR) is 120 cm³/mol. The van der Waals surface area contributed by atoms with Gasteiger partial charge in [0.15, 0.2) is 34.8 Å². The molecule has 35 heavy (non-hydrogen) atoms. The van der Waals surface area contributed by atoms with E-state index in [1.54, 1.807) is 6.92 Å². The van der Waals surface area contributed by atoms with Crippen LogP contribution < -0.4 is 19.9 Å². The van der Waals surface area contributed by atoms with E-state index in [1.807, 2.05) is 0 Å². The highest BCUT2D eigenvalue weighted by atomic mass is 19.2. The summed E-state index contributed by atoms with van der Waals surface area (Å²) in [4.78, 5) is 17.0. The van der Waals surface area contributed by atoms with Crippen LogP contribution in [-0.4, -0.2) is 38.4 Å². The summed E-state index contributed by atoms with van der Waals surface area (Å²) in [6.45, 7) is 3.19. The quantitative estimate of drug-likeness (QED) is 0.152. The van der Waals surface area contributed by atoms with Crippen molar-refractivity contribution in [2.24, 2.45) is 0 Å². The summed E-state index contributed by atoms with van der Waals surface area (Å²) in [7, 11) is 2.83. The minimum absolute atomic E-state index is 0.0616. The second-order valence-electron chi connectivity index (χ2n) is 7.03. The molecule has 186 valence electrons. The van der Waals surface area contributed by atoms with Crippen LogP contribution in [0.4, 0.5) is 23.2 Å². The van der Waals surface area contributed by atoms with Gasteiger partial charge in [0.05, 0.1) is 38.7 Å². The molecule has 7 nitrogen and oxygen atoms in total. The third-order valence-electron chi connectivity index (χ3n) is 4.97. The highest BCUT2D eigenvalue weighted by Gasteiger charge is 2.28. The molecule has 0 spiro atoms. The lowest BCUT2D eigenvalue weighted by molar-refractivity contribution is 0.0527. The van der Waals surface area contributed by atoms with Crippen LogP contribution in [0.1, 0.15) is 24.2 Å². The molecule has 0 saturated carbocycles. The molecule has 0 saturated heterocycles. The summed E-state index contributed by atoms with van der Waals surface area (Å²) in [5.41, 5.74) is 5.22. The summed E-state index contributed by atoms with van der Waals surface area (Å²) >= 11 is 0. The Morgan fingerprint density at radius 1 is 0.857 bits per heavy atom. The van der Waals surface area contributed by atoms with Crippen LogP contribution >= 0.6 is 0 Å². The smallest absolute Gasteiger partial charge is 0.340 e. The molecule has 0 aliphatic heterocycles. The third kappa shape index (κ3) is 4.79. The Kier molecular flexibility index (Phi) is 7.68. The standard InChI is InChI=1S/C24H22F4N2O5/c1-5-34-23-12(11-9-17(32-3)18(33-4)10-16(11)29)7-14(24(31)35-6-2)22(30-23)13-8-15(25)20(27)21(28)19(13)26/h7-10H,5-6,29H2,1-4H3. The minimum Gasteiger partial charge on any atom is -0.493 e. The number of esters is 1. The van der Waals surface area contributed by atoms with Crippen molar-refractivity contribution in [3.05, 3.63) is 53.1 Å². The van der Waals surface area contributed by atoms with E-state index in [4.69, 9.17) is 24.7 Å². The molecule has 0 aliphatic carbocycles. The van der Waals surface area contributed by atoms with Crippen molar-refractivity contribution in [2.45, 2.75) is 13.8 Å². The van der Waals surface area contributed by atoms with Crippen LogP contribution in [0.2, 0.25) is 0 Å². The number of benzene rings is 2. The molecule has 0 aliphatic rings. The highest BCUT2D eigenvalue weighted by Crippen LogP contribution is 2.42. The normalized spacial score (nSPS) is 10.7. The van der Waals surface area contributed by atoms with Gasteiger partial charge >= 0.3 is 5.97 Å². The molecule has 2 N–H and O–H groups in total. The molecule has 0 unspecified atom stereocenters. The van der Waals surface area contributed by atoms with Crippen LogP contribution in [0.25, 0.3) is 22.4 Å². The summed E-state index contributed by atoms with van der Waals surface area (Å²) in [5, 5.41) is 0. The number of nitrogens with two attached hydrogens (primary N) is 1. The summed E-state index contributed by atoms with van der Waals surface area (Å²) in [6.07, 6.45) is 0. The van der Waals surface area contributed by atoms with E-state index in [0.29, 0.717) is 23.1 Å². The topological polar surface area (TPSA) is 92.9 Å². The van der Waals surface area contributed by atoms with Crippen molar-refractivity contribution in [2.75, 3.05) is 33.2 Å². The van der Waals surface area contributed by atoms with Gasteiger partial charge in [0.25, 0.3) is 0 Å². The van der Waals surface area contributed by atoms with Gasteiger partial charge in [0.1, 0.15) is 0 Å². The zero-order valence-electron chi connectivity index (χ0n) is 19.3. The number of aromatic nitrogens is 1. The monoisotopic (exact) mass is 494 g/mol. The lowest BCUT2D eigenvalue weighted by Crippen LogP contribution is -2.12. The first-order valence-electron chi connectivity index (χ1n) is 10.4. The second-order valence-corrected chi connectivity index (χ2v) is 7.03. The number of nitrogen functional groups attached to an aromatic ring is 1. The molecule has 0 radical (unpaired) electrons. The molecule has 0 atom stereocenters. The van der Waals surface area contributed by atoms with Crippen LogP contribution in [-0.2, 0) is 4.74 Å². The van der Waals surface area contributed by atoms with Crippen LogP contribution in [0, 0.1) is 23.3 Å². The molecule has 2 aromatic carbocycles. The van der Waals surface area contributed by atoms with Crippen molar-refractivity contribution in [3.63, 3.8) is 0 Å². The first-order valence-corrected chi connectivity index (χ1v) is 10.4. The number of rotatable bonds is 8. The maximum Gasteiger partial charge on any atom is 0.340 e. The van der Waals surface area contributed by atoms with E-state index in [1.165, 1.54) is 39.3 Å². The van der Waals surface area contributed by atoms with Crippen molar-refractivity contribution in [3.8, 4) is 39.8 Å². The average Bonchev–Trinajstić information content (AvgIpc) is 2.85. The molecule has 1 heterocycles. The second kappa shape index (κ2) is 10.5. The van der Waals surface area contributed by atoms with Gasteiger partial charge in [-0.05, 0) is 32.0 Å². The summed E-state index contributed by atoms with van der Waals surface area (Å²) in [6, 6.07) is 4.63. The molecule has 3 rings (SSSR count). The lowest BCUT2D eigenvalue weighted by atomic mass is 9.98. The number of ether oxygens (including phenoxy) is 4. The van der Waals surface area contributed by atoms with E-state index in [2.05, 4.69) is 4.98 Å². The van der Waals surface area contributed by atoms with Gasteiger partial charge in [-0.25, -0.2) is 27.3 Å². The van der Waals surface area contributed by atoms with Crippen molar-refractivity contribution >= 4 is 11.7 Å². The summed E-state index contributed by atoms with van der Waals surface area (Å²) in [5.74, 6) is -7.92. The molecule has 1 aromatic heterocycles. The van der Waals surface area contributed by atoms with E-state index < -0.39 is 40.5 Å². The Morgan fingerprint density at radius 3 is 2.11 bits per heavy atom. The number of anilines is 1. The van der Waals surface area contributed by atoms with Gasteiger partial charge in [-0.3, -0.25) is 0 Å². The predicted octanol–water partition coefficient (Wildman–Crippen LogP) is 5.15. The largest absolute Gasteiger partial charge is 0.493 e. The van der Waals surface area contributed by atoms with Gasteiger partial charge in [0.2, 0.25) is 5.88 Å². The van der Waals surface area contributed by atoms with Gasteiger partial charge in [0, 0.05) is 28.4 Å². The van der Waals surface area contributed by atoms with E-state index in [9.17, 15) is 22.4 Å². The molecular weight excluding hydrogens is 472 g/mol. The number of methoxy groups -OCH3 is 2. The maximum atomic E-state index is 14.7. The van der Waals surface area contributed by atoms with E-state index in [-0.39, 0.29) is 35.9 Å². The summed E-state index contributed by atoms with van der Waals surface area (Å²) < 4.78 is 77.4. The first kappa shape index (κ1) is 25.6. The zero-order chi connectivity index (χ0) is 25.9. The van der Waals surface area contributed by atoms with Gasteiger partial charge < -0.3 is 24.7 Å². The van der Waals surface area contributed by atoms with Crippen molar-refractivity contribution < 1.29 is 41.3 Å². The zero-order valence-corrected chi connectivity index (χ0v) is 19.3. The third-order valence-corrected chi connectivity index (χ3v) is 4.97. The SMILES string of the molecule is CCOC(=O)c1cc(-c2cc(OC)c(OC)cc2N)c(OCC)nc1-c1cc(F)c(F)c(F)c1F. The molecular formula is C24H22F4N2O5. The van der Waals surface area contributed by atoms with Crippen LogP contribution in [0.5, 0.6) is 17.4 Å². The Morgan fingerprint density at radius 2 is 1.51 bits per heavy atom. The van der Waals surface area contributed by atoms with Crippen molar-refractivity contribution in [1.29, 1.82) is 0 Å². The molecule has 0 bridgehead atoms. The van der Waals surface area contributed by atoms with Gasteiger partial charge in [-0.2, -0.15) is 0 Å². The van der Waals surface area contributed by atoms with Crippen LogP contribution in [0.15, 0.2) is 24.3 Å². The van der Waals surface area contributed by atoms with E-state index >= 15 is 0 Å². The van der Waals surface area contributed by atoms with Crippen molar-refractivity contribution in [1.82, 2.24) is 4.98 Å². The molecule has 3 aromatic rings. The number of pyridine rings is 1. The Labute approximate surface area is 198 Å². The van der Waals surface area contributed by atoms with Gasteiger partial charge in [-0.15, -0.1) is 0 Å². The fourth-order valence-electron chi connectivity index (χ4n) is 3.38. The number of nitrogens with zero attached hydrogens (tertiary/aromatic N) is 1. The first-order chi connectivity index (χ1) is 16.7. The number of carbonyl (C=O) groups is 1. The molecule has 0 amide bonds. The number of carbonyl (C=O) groups excluding carboxylic acids is 1. The molecule has 11 heteroatoms. The Hall–Kier alpha value is -4.02. The number of hydrogen-bond acceptors (Lipinski definition) is 7. The fraction of sp³-hybridized carbons (Fsp3) is 0.250. The minimum atomic E-state index is -2.05. The van der Waals surface area contributed by atoms with Gasteiger partial charge in [-0.1, -0.05) is 0 Å². The maximum absolute atomic E-state index is 14.7. The van der Waals surface area contributed by atoms with Crippen LogP contribution in [0.3, 0.4) is 0 Å². The molecule has 0 fully saturated rings. The highest BCUT2D eigenvalue weighted by molar-refractivity contribution is 5.99. The Balaban J connectivity index is 2.40.